The van der Waals surface area contributed by atoms with Gasteiger partial charge in [-0.3, -0.25) is 14.4 Å². The molecule has 0 spiro atoms. The fraction of sp³-hybridized carbons (Fsp3) is 0.276. The average Bonchev–Trinajstić information content (AvgIpc) is 2.92. The summed E-state index contributed by atoms with van der Waals surface area (Å²) in [6.45, 7) is -0.580. The van der Waals surface area contributed by atoms with Crippen molar-refractivity contribution in [3.63, 3.8) is 0 Å². The zero-order valence-electron chi connectivity index (χ0n) is 21.9. The Kier molecular flexibility index (Phi) is 10.9. The summed E-state index contributed by atoms with van der Waals surface area (Å²) in [5, 5.41) is 12.2. The predicted molar refractivity (Wildman–Crippen MR) is 150 cm³/mol. The lowest BCUT2D eigenvalue weighted by Crippen LogP contribution is -2.49. The van der Waals surface area contributed by atoms with Crippen molar-refractivity contribution in [2.45, 2.75) is 44.4 Å². The highest BCUT2D eigenvalue weighted by atomic mass is 79.9. The van der Waals surface area contributed by atoms with Gasteiger partial charge >= 0.3 is 6.18 Å². The van der Waals surface area contributed by atoms with Crippen LogP contribution in [-0.2, 0) is 17.6 Å². The molecule has 0 radical (unpaired) electrons. The number of aliphatic hydroxyl groups is 1. The molecule has 3 rings (SSSR count). The number of alkyl halides is 5. The van der Waals surface area contributed by atoms with Crippen molar-refractivity contribution in [2.75, 3.05) is 11.9 Å². The van der Waals surface area contributed by atoms with Crippen LogP contribution in [0.25, 0.3) is 0 Å². The maximum absolute atomic E-state index is 13.1. The summed E-state index contributed by atoms with van der Waals surface area (Å²) in [6.07, 6.45) is -9.05. The van der Waals surface area contributed by atoms with Crippen molar-refractivity contribution in [1.82, 2.24) is 0 Å². The van der Waals surface area contributed by atoms with Crippen LogP contribution in [0, 0.1) is 0 Å². The van der Waals surface area contributed by atoms with E-state index in [1.165, 1.54) is 36.4 Å². The molecule has 0 saturated carbocycles. The minimum absolute atomic E-state index is 0.0167. The number of ketones is 2. The van der Waals surface area contributed by atoms with Crippen LogP contribution in [0.5, 0.6) is 5.75 Å². The third-order valence-corrected chi connectivity index (χ3v) is 7.05. The molecule has 3 aromatic carbocycles. The summed E-state index contributed by atoms with van der Waals surface area (Å²) in [4.78, 5) is 38.2. The minimum Gasteiger partial charge on any atom is -0.487 e. The van der Waals surface area contributed by atoms with Gasteiger partial charge in [-0.2, -0.15) is 13.2 Å². The Morgan fingerprint density at radius 1 is 0.976 bits per heavy atom. The Hall–Kier alpha value is -3.35. The first-order valence-electron chi connectivity index (χ1n) is 12.3. The lowest BCUT2D eigenvalue weighted by molar-refractivity contribution is -0.244. The molecule has 0 saturated heterocycles. The van der Waals surface area contributed by atoms with Crippen LogP contribution in [0.2, 0.25) is 5.02 Å². The van der Waals surface area contributed by atoms with E-state index in [0.29, 0.717) is 23.7 Å². The molecule has 1 amide bonds. The third-order valence-electron chi connectivity index (χ3n) is 6.19. The minimum atomic E-state index is -5.14. The van der Waals surface area contributed by atoms with Gasteiger partial charge in [0.2, 0.25) is 5.60 Å². The zero-order chi connectivity index (χ0) is 31.2. The van der Waals surface area contributed by atoms with Gasteiger partial charge in [0, 0.05) is 28.6 Å². The van der Waals surface area contributed by atoms with E-state index in [1.807, 2.05) is 0 Å². The number of carbonyl (C=O) groups is 3. The lowest BCUT2D eigenvalue weighted by Gasteiger charge is -2.24. The lowest BCUT2D eigenvalue weighted by atomic mass is 9.93. The van der Waals surface area contributed by atoms with Gasteiger partial charge < -0.3 is 15.2 Å². The Morgan fingerprint density at radius 3 is 2.21 bits per heavy atom. The number of anilines is 1. The smallest absolute Gasteiger partial charge is 0.424 e. The summed E-state index contributed by atoms with van der Waals surface area (Å²) in [5.74, 6) is -2.74. The molecule has 6 nitrogen and oxygen atoms in total. The number of aryl methyl sites for hydroxylation is 1. The molecular formula is C29H24BrClF5NO5. The van der Waals surface area contributed by atoms with E-state index in [0.717, 1.165) is 4.47 Å². The van der Waals surface area contributed by atoms with Crippen LogP contribution in [0.15, 0.2) is 65.1 Å². The Bertz CT molecular complexity index is 1460. The molecule has 1 atom stereocenters. The number of halogens is 7. The van der Waals surface area contributed by atoms with Crippen LogP contribution in [0.4, 0.5) is 27.6 Å². The van der Waals surface area contributed by atoms with Crippen LogP contribution in [0.1, 0.15) is 45.2 Å². The van der Waals surface area contributed by atoms with Crippen LogP contribution in [0.3, 0.4) is 0 Å². The highest BCUT2D eigenvalue weighted by Crippen LogP contribution is 2.32. The first kappa shape index (κ1) is 33.2. The number of rotatable bonds is 12. The zero-order valence-corrected chi connectivity index (χ0v) is 24.2. The van der Waals surface area contributed by atoms with E-state index in [4.69, 9.17) is 16.3 Å². The molecule has 42 heavy (non-hydrogen) atoms. The maximum atomic E-state index is 13.1. The molecule has 2 N–H and O–H groups in total. The summed E-state index contributed by atoms with van der Waals surface area (Å²) in [5.41, 5.74) is -2.52. The Balaban J connectivity index is 1.81. The van der Waals surface area contributed by atoms with E-state index in [-0.39, 0.29) is 34.7 Å². The molecule has 0 aliphatic heterocycles. The van der Waals surface area contributed by atoms with Gasteiger partial charge in [0.15, 0.2) is 11.6 Å². The van der Waals surface area contributed by atoms with Gasteiger partial charge in [-0.15, -0.1) is 0 Å². The van der Waals surface area contributed by atoms with Crippen molar-refractivity contribution in [2.24, 2.45) is 0 Å². The summed E-state index contributed by atoms with van der Waals surface area (Å²) in [6, 6.07) is 14.8. The van der Waals surface area contributed by atoms with Gasteiger partial charge in [-0.05, 0) is 73.0 Å². The fourth-order valence-electron chi connectivity index (χ4n) is 3.76. The average molecular weight is 677 g/mol. The topological polar surface area (TPSA) is 92.7 Å². The number of Topliss-reactive ketones (excluding diaryl/α,β-unsaturated/α-hetero) is 2. The molecule has 224 valence electrons. The number of amides is 1. The second-order valence-corrected chi connectivity index (χ2v) is 10.7. The molecular weight excluding hydrogens is 653 g/mol. The monoisotopic (exact) mass is 675 g/mol. The van der Waals surface area contributed by atoms with Crippen LogP contribution >= 0.6 is 27.5 Å². The standard InChI is InChI=1S/C29H24BrClF5NO5/c1-28(41,29(34,35)36)25(39)11-4-16-2-9-22(31)20(12-16)23(38)14-17-3-10-24(42-15-26(32)33)21(13-17)27(40)37-19-7-5-18(30)6-8-19/h2-3,5-10,12-13,26,41H,4,11,14-15H2,1H3,(H,37,40). The van der Waals surface area contributed by atoms with E-state index in [2.05, 4.69) is 21.2 Å². The fourth-order valence-corrected chi connectivity index (χ4v) is 4.24. The predicted octanol–water partition coefficient (Wildman–Crippen LogP) is 7.24. The van der Waals surface area contributed by atoms with Gasteiger partial charge in [-0.25, -0.2) is 8.78 Å². The van der Waals surface area contributed by atoms with Crippen molar-refractivity contribution < 1.29 is 46.2 Å². The number of benzene rings is 3. The molecule has 1 unspecified atom stereocenters. The number of carbonyl (C=O) groups excluding carboxylic acids is 3. The van der Waals surface area contributed by atoms with Crippen molar-refractivity contribution in [3.8, 4) is 5.75 Å². The van der Waals surface area contributed by atoms with E-state index < -0.39 is 48.7 Å². The molecule has 0 aromatic heterocycles. The quantitative estimate of drug-likeness (QED) is 0.156. The number of hydrogen-bond acceptors (Lipinski definition) is 5. The third kappa shape index (κ3) is 8.59. The summed E-state index contributed by atoms with van der Waals surface area (Å²) >= 11 is 9.48. The SMILES string of the molecule is CC(O)(C(=O)CCc1ccc(Cl)c(C(=O)Cc2ccc(OCC(F)F)c(C(=O)Nc3ccc(Br)cc3)c2)c1)C(F)(F)F. The highest BCUT2D eigenvalue weighted by molar-refractivity contribution is 9.10. The molecule has 13 heteroatoms. The molecule has 0 fully saturated rings. The number of hydrogen-bond donors (Lipinski definition) is 2. The van der Waals surface area contributed by atoms with Crippen molar-refractivity contribution in [1.29, 1.82) is 0 Å². The first-order valence-corrected chi connectivity index (χ1v) is 13.5. The van der Waals surface area contributed by atoms with E-state index in [9.17, 15) is 41.4 Å². The number of ether oxygens (including phenoxy) is 1. The summed E-state index contributed by atoms with van der Waals surface area (Å²) < 4.78 is 70.3. The maximum Gasteiger partial charge on any atom is 0.424 e. The number of nitrogens with one attached hydrogen (secondary N) is 1. The van der Waals surface area contributed by atoms with E-state index in [1.54, 1.807) is 24.3 Å². The summed E-state index contributed by atoms with van der Waals surface area (Å²) in [7, 11) is 0. The van der Waals surface area contributed by atoms with Crippen molar-refractivity contribution >= 4 is 50.7 Å². The highest BCUT2D eigenvalue weighted by Gasteiger charge is 2.54. The van der Waals surface area contributed by atoms with Gasteiger partial charge in [0.25, 0.3) is 12.3 Å². The Labute approximate surface area is 251 Å². The first-order chi connectivity index (χ1) is 19.6. The molecule has 0 bridgehead atoms. The van der Waals surface area contributed by atoms with Crippen LogP contribution in [-0.4, -0.2) is 47.4 Å². The van der Waals surface area contributed by atoms with Gasteiger partial charge in [0.1, 0.15) is 12.4 Å². The molecule has 0 aliphatic rings. The molecule has 0 aliphatic carbocycles. The second-order valence-electron chi connectivity index (χ2n) is 9.40. The largest absolute Gasteiger partial charge is 0.487 e. The van der Waals surface area contributed by atoms with Crippen molar-refractivity contribution in [3.05, 3.63) is 92.4 Å². The molecule has 3 aromatic rings. The van der Waals surface area contributed by atoms with Crippen LogP contribution < -0.4 is 10.1 Å². The Morgan fingerprint density at radius 2 is 1.60 bits per heavy atom. The van der Waals surface area contributed by atoms with E-state index >= 15 is 0 Å². The molecule has 0 heterocycles. The second kappa shape index (κ2) is 13.7. The normalized spacial score (nSPS) is 13.0. The van der Waals surface area contributed by atoms with Gasteiger partial charge in [-0.1, -0.05) is 39.7 Å². The van der Waals surface area contributed by atoms with Gasteiger partial charge in [0.05, 0.1) is 10.6 Å².